The molecule has 0 bridgehead atoms. The number of halogens is 1. The molecular weight excluding hydrogens is 324 g/mol. The lowest BCUT2D eigenvalue weighted by molar-refractivity contribution is -0.114. The first-order valence-electron chi connectivity index (χ1n) is 7.70. The van der Waals surface area contributed by atoms with Crippen LogP contribution in [-0.4, -0.2) is 31.6 Å². The molecule has 1 amide bonds. The van der Waals surface area contributed by atoms with Gasteiger partial charge in [-0.1, -0.05) is 29.8 Å². The number of nitrogens with one attached hydrogen (secondary N) is 1. The molecule has 5 nitrogen and oxygen atoms in total. The number of rotatable bonds is 1. The molecular formula is C18H17ClN4O. The van der Waals surface area contributed by atoms with E-state index in [1.807, 2.05) is 72.4 Å². The van der Waals surface area contributed by atoms with Crippen LogP contribution in [0.4, 0.5) is 17.1 Å². The van der Waals surface area contributed by atoms with Crippen molar-refractivity contribution in [2.24, 2.45) is 0 Å². The summed E-state index contributed by atoms with van der Waals surface area (Å²) < 4.78 is 0. The molecule has 2 heterocycles. The van der Waals surface area contributed by atoms with Crippen LogP contribution in [0.1, 0.15) is 0 Å². The molecule has 2 aromatic rings. The van der Waals surface area contributed by atoms with E-state index >= 15 is 0 Å². The molecule has 2 aromatic carbocycles. The van der Waals surface area contributed by atoms with Crippen LogP contribution in [0.15, 0.2) is 60.0 Å². The Morgan fingerprint density at radius 1 is 1.04 bits per heavy atom. The van der Waals surface area contributed by atoms with Gasteiger partial charge in [0.05, 0.1) is 18.0 Å². The van der Waals surface area contributed by atoms with Gasteiger partial charge in [0, 0.05) is 24.8 Å². The summed E-state index contributed by atoms with van der Waals surface area (Å²) >= 11 is 6.23. The van der Waals surface area contributed by atoms with Gasteiger partial charge in [-0.3, -0.25) is 9.69 Å². The van der Waals surface area contributed by atoms with Crippen molar-refractivity contribution < 1.29 is 4.79 Å². The van der Waals surface area contributed by atoms with Gasteiger partial charge in [0.15, 0.2) is 0 Å². The third-order valence-corrected chi connectivity index (χ3v) is 4.60. The van der Waals surface area contributed by atoms with E-state index in [9.17, 15) is 4.79 Å². The highest BCUT2D eigenvalue weighted by Gasteiger charge is 2.37. The van der Waals surface area contributed by atoms with Gasteiger partial charge in [0.2, 0.25) is 0 Å². The first kappa shape index (κ1) is 14.9. The lowest BCUT2D eigenvalue weighted by Crippen LogP contribution is -2.32. The standard InChI is InChI=1S/C18H17ClN4O/c1-21-11-20-16-17(21)22(2)14-9-8-12(19)10-15(14)23(18(16)24)13-6-4-3-5-7-13/h3-10,20H,11H2,1-2H3. The Morgan fingerprint density at radius 2 is 1.79 bits per heavy atom. The molecule has 4 rings (SSSR count). The number of carbonyl (C=O) groups is 1. The Morgan fingerprint density at radius 3 is 2.54 bits per heavy atom. The molecule has 24 heavy (non-hydrogen) atoms. The van der Waals surface area contributed by atoms with E-state index in [2.05, 4.69) is 5.32 Å². The minimum atomic E-state index is -0.0894. The Balaban J connectivity index is 1.99. The van der Waals surface area contributed by atoms with Gasteiger partial charge in [0.25, 0.3) is 5.91 Å². The van der Waals surface area contributed by atoms with Crippen LogP contribution in [0.5, 0.6) is 0 Å². The highest BCUT2D eigenvalue weighted by atomic mass is 35.5. The molecule has 0 saturated heterocycles. The molecule has 0 fully saturated rings. The number of amides is 1. The molecule has 0 spiro atoms. The quantitative estimate of drug-likeness (QED) is 0.865. The second kappa shape index (κ2) is 5.46. The Hall–Kier alpha value is -2.66. The first-order chi connectivity index (χ1) is 11.6. The Labute approximate surface area is 145 Å². The Kier molecular flexibility index (Phi) is 3.39. The SMILES string of the molecule is CN1CNC2=C1N(C)c1ccc(Cl)cc1N(c1ccccc1)C2=O. The van der Waals surface area contributed by atoms with Gasteiger partial charge in [-0.25, -0.2) is 0 Å². The maximum Gasteiger partial charge on any atom is 0.282 e. The highest BCUT2D eigenvalue weighted by Crippen LogP contribution is 2.42. The summed E-state index contributed by atoms with van der Waals surface area (Å²) in [6.07, 6.45) is 0. The monoisotopic (exact) mass is 340 g/mol. The van der Waals surface area contributed by atoms with Crippen LogP contribution in [0.2, 0.25) is 5.02 Å². The van der Waals surface area contributed by atoms with Gasteiger partial charge in [-0.15, -0.1) is 0 Å². The molecule has 0 radical (unpaired) electrons. The van der Waals surface area contributed by atoms with Crippen molar-refractivity contribution >= 4 is 34.6 Å². The van der Waals surface area contributed by atoms with Crippen LogP contribution < -0.4 is 15.1 Å². The van der Waals surface area contributed by atoms with Crippen LogP contribution in [0.3, 0.4) is 0 Å². The number of carbonyl (C=O) groups excluding carboxylic acids is 1. The number of fused-ring (bicyclic) bond motifs is 1. The fourth-order valence-corrected chi connectivity index (χ4v) is 3.43. The summed E-state index contributed by atoms with van der Waals surface area (Å²) in [5.74, 6) is 0.774. The number of benzene rings is 2. The highest BCUT2D eigenvalue weighted by molar-refractivity contribution is 6.31. The molecule has 0 aromatic heterocycles. The molecule has 0 unspecified atom stereocenters. The van der Waals surface area contributed by atoms with Crippen LogP contribution >= 0.6 is 11.6 Å². The number of anilines is 3. The van der Waals surface area contributed by atoms with Crippen molar-refractivity contribution in [3.8, 4) is 0 Å². The Bertz CT molecular complexity index is 849. The molecule has 0 aliphatic carbocycles. The number of hydrogen-bond acceptors (Lipinski definition) is 4. The average Bonchev–Trinajstić information content (AvgIpc) is 2.93. The number of para-hydroxylation sites is 1. The normalized spacial score (nSPS) is 16.8. The number of nitrogens with zero attached hydrogens (tertiary/aromatic N) is 3. The summed E-state index contributed by atoms with van der Waals surface area (Å²) in [5.41, 5.74) is 3.10. The van der Waals surface area contributed by atoms with E-state index in [0.717, 1.165) is 22.9 Å². The predicted molar refractivity (Wildman–Crippen MR) is 96.2 cm³/mol. The molecule has 2 aliphatic rings. The fourth-order valence-electron chi connectivity index (χ4n) is 3.27. The molecule has 122 valence electrons. The van der Waals surface area contributed by atoms with Crippen molar-refractivity contribution in [1.29, 1.82) is 0 Å². The van der Waals surface area contributed by atoms with Crippen LogP contribution in [0, 0.1) is 0 Å². The first-order valence-corrected chi connectivity index (χ1v) is 8.08. The summed E-state index contributed by atoms with van der Waals surface area (Å²) in [5, 5.41) is 3.81. The van der Waals surface area contributed by atoms with Crippen molar-refractivity contribution in [3.05, 3.63) is 65.1 Å². The average molecular weight is 341 g/mol. The maximum atomic E-state index is 13.3. The summed E-state index contributed by atoms with van der Waals surface area (Å²) in [6, 6.07) is 15.3. The van der Waals surface area contributed by atoms with E-state index in [-0.39, 0.29) is 5.91 Å². The third-order valence-electron chi connectivity index (χ3n) is 4.37. The van der Waals surface area contributed by atoms with Crippen molar-refractivity contribution in [2.45, 2.75) is 0 Å². The van der Waals surface area contributed by atoms with Crippen molar-refractivity contribution in [2.75, 3.05) is 30.6 Å². The zero-order chi connectivity index (χ0) is 16.8. The minimum absolute atomic E-state index is 0.0894. The van der Waals surface area contributed by atoms with E-state index in [4.69, 9.17) is 11.6 Å². The maximum absolute atomic E-state index is 13.3. The minimum Gasteiger partial charge on any atom is -0.360 e. The van der Waals surface area contributed by atoms with Gasteiger partial charge < -0.3 is 15.1 Å². The van der Waals surface area contributed by atoms with Gasteiger partial charge >= 0.3 is 0 Å². The van der Waals surface area contributed by atoms with Crippen LogP contribution in [-0.2, 0) is 4.79 Å². The summed E-state index contributed by atoms with van der Waals surface area (Å²) in [4.78, 5) is 19.1. The summed E-state index contributed by atoms with van der Waals surface area (Å²) in [6.45, 7) is 0.603. The molecule has 2 aliphatic heterocycles. The third kappa shape index (κ3) is 2.12. The van der Waals surface area contributed by atoms with E-state index in [0.29, 0.717) is 17.4 Å². The predicted octanol–water partition coefficient (Wildman–Crippen LogP) is 3.12. The largest absolute Gasteiger partial charge is 0.360 e. The lowest BCUT2D eigenvalue weighted by atomic mass is 10.2. The van der Waals surface area contributed by atoms with Gasteiger partial charge in [0.1, 0.15) is 11.5 Å². The number of hydrogen-bond donors (Lipinski definition) is 1. The van der Waals surface area contributed by atoms with E-state index in [1.54, 1.807) is 4.90 Å². The van der Waals surface area contributed by atoms with Crippen molar-refractivity contribution in [1.82, 2.24) is 10.2 Å². The fraction of sp³-hybridized carbons (Fsp3) is 0.167. The van der Waals surface area contributed by atoms with E-state index in [1.165, 1.54) is 0 Å². The van der Waals surface area contributed by atoms with Gasteiger partial charge in [-0.2, -0.15) is 0 Å². The molecule has 1 N–H and O–H groups in total. The lowest BCUT2D eigenvalue weighted by Gasteiger charge is -2.28. The van der Waals surface area contributed by atoms with Crippen molar-refractivity contribution in [3.63, 3.8) is 0 Å². The molecule has 6 heteroatoms. The zero-order valence-electron chi connectivity index (χ0n) is 13.5. The van der Waals surface area contributed by atoms with E-state index < -0.39 is 0 Å². The second-order valence-electron chi connectivity index (χ2n) is 5.90. The smallest absolute Gasteiger partial charge is 0.282 e. The van der Waals surface area contributed by atoms with Gasteiger partial charge in [-0.05, 0) is 30.3 Å². The van der Waals surface area contributed by atoms with Crippen LogP contribution in [0.25, 0.3) is 0 Å². The topological polar surface area (TPSA) is 38.8 Å². The molecule has 0 atom stereocenters. The molecule has 0 saturated carbocycles. The second-order valence-corrected chi connectivity index (χ2v) is 6.34. The summed E-state index contributed by atoms with van der Waals surface area (Å²) in [7, 11) is 3.93. The zero-order valence-corrected chi connectivity index (χ0v) is 14.2.